The van der Waals surface area contributed by atoms with Gasteiger partial charge in [-0.1, -0.05) is 37.1 Å². The summed E-state index contributed by atoms with van der Waals surface area (Å²) >= 11 is 0. The minimum atomic E-state index is -0.385. The molecule has 0 saturated heterocycles. The molecule has 2 N–H and O–H groups in total. The summed E-state index contributed by atoms with van der Waals surface area (Å²) in [4.78, 5) is 50.5. The Morgan fingerprint density at radius 1 is 0.658 bits per heavy atom. The zero-order chi connectivity index (χ0) is 27.1. The third kappa shape index (κ3) is 6.56. The van der Waals surface area contributed by atoms with Crippen molar-refractivity contribution in [3.63, 3.8) is 0 Å². The molecule has 0 spiro atoms. The Kier molecular flexibility index (Phi) is 10.2. The monoisotopic (exact) mass is 528 g/mol. The first-order valence-electron chi connectivity index (χ1n) is 14.5. The van der Waals surface area contributed by atoms with E-state index in [1.54, 1.807) is 14.0 Å². The molecule has 0 radical (unpaired) electrons. The molecule has 0 aromatic carbocycles. The van der Waals surface area contributed by atoms with E-state index in [1.165, 1.54) is 0 Å². The zero-order valence-corrected chi connectivity index (χ0v) is 22.9. The number of methoxy groups -OCH3 is 1. The summed E-state index contributed by atoms with van der Waals surface area (Å²) in [5, 5.41) is 6.09. The Morgan fingerprint density at radius 3 is 1.66 bits per heavy atom. The van der Waals surface area contributed by atoms with Gasteiger partial charge in [-0.15, -0.1) is 0 Å². The van der Waals surface area contributed by atoms with E-state index in [1.807, 2.05) is 0 Å². The van der Waals surface area contributed by atoms with Gasteiger partial charge in [0.1, 0.15) is 5.78 Å². The number of esters is 1. The number of rotatable bonds is 16. The molecule has 4 aliphatic rings. The van der Waals surface area contributed by atoms with Crippen LogP contribution in [-0.2, 0) is 28.7 Å². The Balaban J connectivity index is 1.09. The van der Waals surface area contributed by atoms with Crippen molar-refractivity contribution in [2.75, 3.05) is 33.4 Å². The second-order valence-corrected chi connectivity index (χ2v) is 11.5. The molecule has 2 saturated carbocycles. The van der Waals surface area contributed by atoms with Crippen LogP contribution in [0, 0.1) is 47.3 Å². The summed E-state index contributed by atoms with van der Waals surface area (Å²) in [6.07, 6.45) is 15.4. The van der Waals surface area contributed by atoms with Crippen LogP contribution < -0.4 is 10.6 Å². The molecule has 4 rings (SSSR count). The summed E-state index contributed by atoms with van der Waals surface area (Å²) in [5.74, 6) is -0.637. The van der Waals surface area contributed by atoms with Crippen molar-refractivity contribution in [3.05, 3.63) is 24.3 Å². The molecule has 0 aromatic heterocycles. The third-order valence-electron chi connectivity index (χ3n) is 8.95. The highest BCUT2D eigenvalue weighted by Gasteiger charge is 2.52. The number of carbonyl (C=O) groups is 4. The summed E-state index contributed by atoms with van der Waals surface area (Å²) in [6, 6.07) is 0. The van der Waals surface area contributed by atoms with Gasteiger partial charge in [0.2, 0.25) is 11.8 Å². The van der Waals surface area contributed by atoms with Crippen molar-refractivity contribution in [1.82, 2.24) is 10.6 Å². The van der Waals surface area contributed by atoms with Gasteiger partial charge < -0.3 is 20.1 Å². The van der Waals surface area contributed by atoms with E-state index in [0.717, 1.165) is 51.4 Å². The first-order valence-corrected chi connectivity index (χ1v) is 14.5. The number of ketones is 1. The number of ether oxygens (including phenoxy) is 2. The van der Waals surface area contributed by atoms with E-state index in [2.05, 4.69) is 34.9 Å². The van der Waals surface area contributed by atoms with E-state index in [4.69, 9.17) is 9.47 Å². The van der Waals surface area contributed by atoms with E-state index in [9.17, 15) is 19.2 Å². The van der Waals surface area contributed by atoms with Crippen LogP contribution >= 0.6 is 0 Å². The molecule has 2 fully saturated rings. The van der Waals surface area contributed by atoms with Crippen LogP contribution in [0.4, 0.5) is 0 Å². The Labute approximate surface area is 226 Å². The van der Waals surface area contributed by atoms with Crippen LogP contribution in [-0.4, -0.2) is 57.0 Å². The van der Waals surface area contributed by atoms with Crippen molar-refractivity contribution in [3.8, 4) is 0 Å². The number of carbonyl (C=O) groups excluding carboxylic acids is 4. The maximum absolute atomic E-state index is 13.0. The fourth-order valence-corrected chi connectivity index (χ4v) is 7.11. The van der Waals surface area contributed by atoms with Gasteiger partial charge in [-0.05, 0) is 69.1 Å². The van der Waals surface area contributed by atoms with Crippen LogP contribution in [0.15, 0.2) is 24.3 Å². The SMILES string of the molecule is COCCCCOC(=O)C1C2C=CC(C2)C1C(=O)NCCCCCCNC(=O)C1C2C=CC(C2)C1C(C)=O. The van der Waals surface area contributed by atoms with E-state index >= 15 is 0 Å². The topological polar surface area (TPSA) is 111 Å². The number of allylic oxidation sites excluding steroid dienone is 4. The van der Waals surface area contributed by atoms with Crippen LogP contribution in [0.3, 0.4) is 0 Å². The lowest BCUT2D eigenvalue weighted by Gasteiger charge is -2.25. The number of hydrogen-bond acceptors (Lipinski definition) is 6. The molecule has 8 atom stereocenters. The lowest BCUT2D eigenvalue weighted by molar-refractivity contribution is -0.154. The highest BCUT2D eigenvalue weighted by molar-refractivity contribution is 5.89. The number of amides is 2. The lowest BCUT2D eigenvalue weighted by atomic mass is 9.80. The molecule has 4 bridgehead atoms. The van der Waals surface area contributed by atoms with E-state index < -0.39 is 0 Å². The van der Waals surface area contributed by atoms with Gasteiger partial charge in [0.05, 0.1) is 24.4 Å². The normalized spacial score (nSPS) is 32.1. The highest BCUT2D eigenvalue weighted by Crippen LogP contribution is 2.49. The fraction of sp³-hybridized carbons (Fsp3) is 0.733. The fourth-order valence-electron chi connectivity index (χ4n) is 7.11. The van der Waals surface area contributed by atoms with E-state index in [0.29, 0.717) is 26.3 Å². The van der Waals surface area contributed by atoms with Crippen LogP contribution in [0.1, 0.15) is 58.3 Å². The molecule has 0 aromatic rings. The van der Waals surface area contributed by atoms with Crippen LogP contribution in [0.25, 0.3) is 0 Å². The van der Waals surface area contributed by atoms with Gasteiger partial charge in [0.25, 0.3) is 0 Å². The summed E-state index contributed by atoms with van der Waals surface area (Å²) < 4.78 is 10.5. The molecular formula is C30H44N2O6. The minimum Gasteiger partial charge on any atom is -0.465 e. The van der Waals surface area contributed by atoms with Gasteiger partial charge in [0.15, 0.2) is 0 Å². The van der Waals surface area contributed by atoms with E-state index in [-0.39, 0.29) is 70.9 Å². The maximum Gasteiger partial charge on any atom is 0.310 e. The van der Waals surface area contributed by atoms with Gasteiger partial charge in [-0.25, -0.2) is 0 Å². The highest BCUT2D eigenvalue weighted by atomic mass is 16.5. The number of Topliss-reactive ketones (excluding diaryl/α,β-unsaturated/α-hetero) is 1. The largest absolute Gasteiger partial charge is 0.465 e. The summed E-state index contributed by atoms with van der Waals surface area (Å²) in [6.45, 7) is 3.81. The zero-order valence-electron chi connectivity index (χ0n) is 22.9. The molecule has 38 heavy (non-hydrogen) atoms. The second-order valence-electron chi connectivity index (χ2n) is 11.5. The third-order valence-corrected chi connectivity index (χ3v) is 8.95. The van der Waals surface area contributed by atoms with Gasteiger partial charge in [-0.3, -0.25) is 19.2 Å². The lowest BCUT2D eigenvalue weighted by Crippen LogP contribution is -2.41. The molecule has 8 unspecified atom stereocenters. The standard InChI is InChI=1S/C30H44N2O6/c1-19(33)24-20-9-10-21(17-20)25(24)28(34)31-13-5-3-4-6-14-32-29(35)26-22-11-12-23(18-22)27(26)30(36)38-16-8-7-15-37-2/h9-12,20-27H,3-8,13-18H2,1-2H3,(H,31,34)(H,32,35). The Hall–Kier alpha value is -2.48. The number of hydrogen-bond donors (Lipinski definition) is 2. The Bertz CT molecular complexity index is 930. The van der Waals surface area contributed by atoms with Crippen molar-refractivity contribution in [2.45, 2.75) is 58.3 Å². The van der Waals surface area contributed by atoms with Crippen molar-refractivity contribution in [2.24, 2.45) is 47.3 Å². The summed E-state index contributed by atoms with van der Waals surface area (Å²) in [5.41, 5.74) is 0. The van der Waals surface area contributed by atoms with Gasteiger partial charge >= 0.3 is 5.97 Å². The minimum absolute atomic E-state index is 0.0114. The van der Waals surface area contributed by atoms with Crippen LogP contribution in [0.2, 0.25) is 0 Å². The maximum atomic E-state index is 13.0. The first-order chi connectivity index (χ1) is 18.4. The smallest absolute Gasteiger partial charge is 0.310 e. The molecule has 0 aliphatic heterocycles. The number of fused-ring (bicyclic) bond motifs is 4. The molecule has 0 heterocycles. The second kappa shape index (κ2) is 13.5. The van der Waals surface area contributed by atoms with Gasteiger partial charge in [0, 0.05) is 32.7 Å². The molecule has 8 nitrogen and oxygen atoms in total. The number of nitrogens with one attached hydrogen (secondary N) is 2. The van der Waals surface area contributed by atoms with Crippen molar-refractivity contribution >= 4 is 23.6 Å². The Morgan fingerprint density at radius 2 is 1.13 bits per heavy atom. The molecular weight excluding hydrogens is 484 g/mol. The van der Waals surface area contributed by atoms with Gasteiger partial charge in [-0.2, -0.15) is 0 Å². The summed E-state index contributed by atoms with van der Waals surface area (Å²) in [7, 11) is 1.65. The first kappa shape index (κ1) is 28.5. The van der Waals surface area contributed by atoms with Crippen molar-refractivity contribution < 1.29 is 28.7 Å². The molecule has 2 amide bonds. The molecule has 210 valence electrons. The predicted octanol–water partition coefficient (Wildman–Crippen LogP) is 3.21. The average Bonchev–Trinajstić information content (AvgIpc) is 3.70. The average molecular weight is 529 g/mol. The number of unbranched alkanes of at least 4 members (excludes halogenated alkanes) is 4. The van der Waals surface area contributed by atoms with Crippen molar-refractivity contribution in [1.29, 1.82) is 0 Å². The quantitative estimate of drug-likeness (QED) is 0.181. The van der Waals surface area contributed by atoms with Crippen LogP contribution in [0.5, 0.6) is 0 Å². The predicted molar refractivity (Wildman–Crippen MR) is 143 cm³/mol. The molecule has 8 heteroatoms. The molecule has 4 aliphatic carbocycles.